The summed E-state index contributed by atoms with van der Waals surface area (Å²) < 4.78 is 17.8. The molecule has 0 aliphatic carbocycles. The van der Waals surface area contributed by atoms with Gasteiger partial charge in [-0.25, -0.2) is 4.39 Å². The number of esters is 1. The molecule has 136 valence electrons. The Morgan fingerprint density at radius 3 is 2.46 bits per heavy atom. The number of benzene rings is 2. The van der Waals surface area contributed by atoms with Gasteiger partial charge in [-0.1, -0.05) is 29.8 Å². The number of hydrogen-bond acceptors (Lipinski definition) is 4. The van der Waals surface area contributed by atoms with Gasteiger partial charge in [-0.2, -0.15) is 0 Å². The zero-order valence-electron chi connectivity index (χ0n) is 13.6. The van der Waals surface area contributed by atoms with Crippen LogP contribution in [0.5, 0.6) is 0 Å². The highest BCUT2D eigenvalue weighted by Crippen LogP contribution is 2.09. The van der Waals surface area contributed by atoms with Gasteiger partial charge in [0.2, 0.25) is 0 Å². The second kappa shape index (κ2) is 9.53. The van der Waals surface area contributed by atoms with Gasteiger partial charge in [-0.3, -0.25) is 14.4 Å². The Morgan fingerprint density at radius 1 is 1.04 bits per heavy atom. The lowest BCUT2D eigenvalue weighted by Gasteiger charge is -2.08. The number of ether oxygens (including phenoxy) is 1. The summed E-state index contributed by atoms with van der Waals surface area (Å²) in [6, 6.07) is 12.0. The number of carbonyl (C=O) groups excluding carboxylic acids is 3. The smallest absolute Gasteiger partial charge is 0.325 e. The van der Waals surface area contributed by atoms with Crippen molar-refractivity contribution < 1.29 is 23.5 Å². The van der Waals surface area contributed by atoms with Gasteiger partial charge in [0.25, 0.3) is 11.8 Å². The lowest BCUT2D eigenvalue weighted by Crippen LogP contribution is -2.33. The molecule has 0 fully saturated rings. The molecule has 0 spiro atoms. The normalized spacial score (nSPS) is 10.1. The third-order valence-corrected chi connectivity index (χ3v) is 3.50. The minimum Gasteiger partial charge on any atom is -0.454 e. The standard InChI is InChI=1S/C18H16ClFN2O4/c19-14-6-4-12(5-7-14)9-21-16(23)11-26-17(24)10-22-18(25)13-2-1-3-15(20)8-13/h1-8H,9-11H2,(H,21,23)(H,22,25). The Hall–Kier alpha value is -2.93. The van der Waals surface area contributed by atoms with E-state index in [-0.39, 0.29) is 12.1 Å². The molecule has 8 heteroatoms. The third-order valence-electron chi connectivity index (χ3n) is 3.25. The summed E-state index contributed by atoms with van der Waals surface area (Å²) >= 11 is 5.76. The van der Waals surface area contributed by atoms with E-state index in [1.807, 2.05) is 0 Å². The average Bonchev–Trinajstić information content (AvgIpc) is 2.64. The van der Waals surface area contributed by atoms with Crippen molar-refractivity contribution in [2.45, 2.75) is 6.54 Å². The second-order valence-corrected chi connectivity index (χ2v) is 5.69. The Morgan fingerprint density at radius 2 is 1.77 bits per heavy atom. The summed E-state index contributed by atoms with van der Waals surface area (Å²) in [6.45, 7) is -0.633. The molecule has 0 radical (unpaired) electrons. The van der Waals surface area contributed by atoms with E-state index in [9.17, 15) is 18.8 Å². The van der Waals surface area contributed by atoms with Gasteiger partial charge in [0.15, 0.2) is 6.61 Å². The van der Waals surface area contributed by atoms with E-state index in [0.29, 0.717) is 5.02 Å². The lowest BCUT2D eigenvalue weighted by molar-refractivity contribution is -0.147. The third kappa shape index (κ3) is 6.52. The fraction of sp³-hybridized carbons (Fsp3) is 0.167. The predicted molar refractivity (Wildman–Crippen MR) is 93.0 cm³/mol. The van der Waals surface area contributed by atoms with Crippen LogP contribution in [0.4, 0.5) is 4.39 Å². The van der Waals surface area contributed by atoms with Gasteiger partial charge in [0.05, 0.1) is 0 Å². The average molecular weight is 379 g/mol. The number of nitrogens with one attached hydrogen (secondary N) is 2. The van der Waals surface area contributed by atoms with E-state index in [4.69, 9.17) is 16.3 Å². The molecule has 26 heavy (non-hydrogen) atoms. The molecule has 0 bridgehead atoms. The number of rotatable bonds is 7. The maximum absolute atomic E-state index is 13.0. The highest BCUT2D eigenvalue weighted by Gasteiger charge is 2.11. The van der Waals surface area contributed by atoms with Crippen LogP contribution >= 0.6 is 11.6 Å². The molecule has 2 amide bonds. The predicted octanol–water partition coefficient (Wildman–Crippen LogP) is 2.07. The number of halogens is 2. The summed E-state index contributed by atoms with van der Waals surface area (Å²) in [5.74, 6) is -2.44. The van der Waals surface area contributed by atoms with E-state index in [1.54, 1.807) is 24.3 Å². The molecule has 2 N–H and O–H groups in total. The van der Waals surface area contributed by atoms with E-state index < -0.39 is 36.8 Å². The van der Waals surface area contributed by atoms with E-state index in [2.05, 4.69) is 10.6 Å². The Balaban J connectivity index is 1.67. The summed E-state index contributed by atoms with van der Waals surface area (Å²) in [7, 11) is 0. The molecule has 6 nitrogen and oxygen atoms in total. The van der Waals surface area contributed by atoms with Gasteiger partial charge in [0, 0.05) is 17.1 Å². The summed E-state index contributed by atoms with van der Waals surface area (Å²) in [5, 5.41) is 5.46. The van der Waals surface area contributed by atoms with Gasteiger partial charge in [0.1, 0.15) is 12.4 Å². The van der Waals surface area contributed by atoms with Crippen molar-refractivity contribution in [2.75, 3.05) is 13.2 Å². The SMILES string of the molecule is O=C(COC(=O)CNC(=O)c1cccc(F)c1)NCc1ccc(Cl)cc1. The van der Waals surface area contributed by atoms with E-state index in [1.165, 1.54) is 18.2 Å². The molecule has 0 atom stereocenters. The van der Waals surface area contributed by atoms with Crippen molar-refractivity contribution in [3.63, 3.8) is 0 Å². The van der Waals surface area contributed by atoms with Gasteiger partial charge in [-0.15, -0.1) is 0 Å². The van der Waals surface area contributed by atoms with Crippen LogP contribution in [-0.4, -0.2) is 30.9 Å². The lowest BCUT2D eigenvalue weighted by atomic mass is 10.2. The molecule has 0 aromatic heterocycles. The number of amides is 2. The molecule has 0 aliphatic rings. The summed E-state index contributed by atoms with van der Waals surface area (Å²) in [4.78, 5) is 34.9. The first kappa shape index (κ1) is 19.4. The molecule has 2 aromatic carbocycles. The molecule has 2 aromatic rings. The quantitative estimate of drug-likeness (QED) is 0.722. The molecular weight excluding hydrogens is 363 g/mol. The highest BCUT2D eigenvalue weighted by molar-refractivity contribution is 6.30. The molecular formula is C18H16ClFN2O4. The van der Waals surface area contributed by atoms with Crippen LogP contribution in [0.15, 0.2) is 48.5 Å². The first-order valence-corrected chi connectivity index (χ1v) is 8.02. The fourth-order valence-corrected chi connectivity index (χ4v) is 2.06. The van der Waals surface area contributed by atoms with Gasteiger partial charge in [-0.05, 0) is 35.9 Å². The van der Waals surface area contributed by atoms with Crippen LogP contribution in [-0.2, 0) is 20.9 Å². The Kier molecular flexibility index (Phi) is 7.11. The minimum absolute atomic E-state index is 0.0820. The van der Waals surface area contributed by atoms with Crippen molar-refractivity contribution in [1.82, 2.24) is 10.6 Å². The first-order valence-electron chi connectivity index (χ1n) is 7.64. The van der Waals surface area contributed by atoms with Crippen molar-refractivity contribution in [1.29, 1.82) is 0 Å². The molecule has 0 saturated carbocycles. The number of hydrogen-bond donors (Lipinski definition) is 2. The zero-order chi connectivity index (χ0) is 18.9. The maximum atomic E-state index is 13.0. The maximum Gasteiger partial charge on any atom is 0.325 e. The molecule has 0 aliphatic heterocycles. The van der Waals surface area contributed by atoms with Crippen molar-refractivity contribution in [3.8, 4) is 0 Å². The van der Waals surface area contributed by atoms with Crippen molar-refractivity contribution in [2.24, 2.45) is 0 Å². The molecule has 0 heterocycles. The molecule has 0 saturated heterocycles. The summed E-state index contributed by atoms with van der Waals surface area (Å²) in [6.07, 6.45) is 0. The van der Waals surface area contributed by atoms with Crippen molar-refractivity contribution in [3.05, 3.63) is 70.5 Å². The minimum atomic E-state index is -0.781. The van der Waals surface area contributed by atoms with Crippen LogP contribution in [0.25, 0.3) is 0 Å². The van der Waals surface area contributed by atoms with Crippen molar-refractivity contribution >= 4 is 29.4 Å². The largest absolute Gasteiger partial charge is 0.454 e. The first-order chi connectivity index (χ1) is 12.4. The fourth-order valence-electron chi connectivity index (χ4n) is 1.94. The van der Waals surface area contributed by atoms with Crippen LogP contribution in [0.3, 0.4) is 0 Å². The van der Waals surface area contributed by atoms with E-state index >= 15 is 0 Å². The Bertz CT molecular complexity index is 796. The summed E-state index contributed by atoms with van der Waals surface area (Å²) in [5.41, 5.74) is 0.926. The monoisotopic (exact) mass is 378 g/mol. The molecule has 2 rings (SSSR count). The topological polar surface area (TPSA) is 84.5 Å². The van der Waals surface area contributed by atoms with Crippen LogP contribution in [0, 0.1) is 5.82 Å². The van der Waals surface area contributed by atoms with Gasteiger partial charge >= 0.3 is 5.97 Å². The van der Waals surface area contributed by atoms with Crippen LogP contribution < -0.4 is 10.6 Å². The zero-order valence-corrected chi connectivity index (χ0v) is 14.4. The van der Waals surface area contributed by atoms with Gasteiger partial charge < -0.3 is 15.4 Å². The Labute approximate surface area is 154 Å². The van der Waals surface area contributed by atoms with Crippen LogP contribution in [0.1, 0.15) is 15.9 Å². The molecule has 0 unspecified atom stereocenters. The second-order valence-electron chi connectivity index (χ2n) is 5.26. The van der Waals surface area contributed by atoms with E-state index in [0.717, 1.165) is 11.6 Å². The number of carbonyl (C=O) groups is 3. The van der Waals surface area contributed by atoms with Crippen LogP contribution in [0.2, 0.25) is 5.02 Å². The highest BCUT2D eigenvalue weighted by atomic mass is 35.5.